The summed E-state index contributed by atoms with van der Waals surface area (Å²) in [4.78, 5) is 45.9. The Labute approximate surface area is 227 Å². The topological polar surface area (TPSA) is 103 Å². The van der Waals surface area contributed by atoms with Crippen LogP contribution in [0.2, 0.25) is 0 Å². The summed E-state index contributed by atoms with van der Waals surface area (Å²) in [5, 5.41) is 0. The number of ether oxygens (including phenoxy) is 2. The molecule has 0 radical (unpaired) electrons. The number of carbonyl (C=O) groups excluding carboxylic acids is 2. The van der Waals surface area contributed by atoms with Gasteiger partial charge in [-0.05, 0) is 60.5 Å². The molecule has 9 nitrogen and oxygen atoms in total. The van der Waals surface area contributed by atoms with E-state index in [9.17, 15) is 14.4 Å². The molecule has 0 spiro atoms. The van der Waals surface area contributed by atoms with E-state index >= 15 is 0 Å². The summed E-state index contributed by atoms with van der Waals surface area (Å²) in [6, 6.07) is 16.8. The van der Waals surface area contributed by atoms with Gasteiger partial charge in [0.2, 0.25) is 5.76 Å². The second-order valence-corrected chi connectivity index (χ2v) is 10.0. The lowest BCUT2D eigenvalue weighted by atomic mass is 9.96. The van der Waals surface area contributed by atoms with Crippen molar-refractivity contribution in [2.75, 3.05) is 26.1 Å². The number of carbonyl (C=O) groups is 2. The van der Waals surface area contributed by atoms with Crippen LogP contribution >= 0.6 is 11.3 Å². The number of methoxy groups -OCH3 is 1. The van der Waals surface area contributed by atoms with Gasteiger partial charge in [-0.3, -0.25) is 9.36 Å². The first kappa shape index (κ1) is 25.9. The third-order valence-corrected chi connectivity index (χ3v) is 7.25. The number of esters is 2. The maximum absolute atomic E-state index is 13.7. The van der Waals surface area contributed by atoms with E-state index in [1.54, 1.807) is 37.3 Å². The molecule has 198 valence electrons. The van der Waals surface area contributed by atoms with Crippen molar-refractivity contribution < 1.29 is 23.5 Å². The zero-order chi connectivity index (χ0) is 27.7. The monoisotopic (exact) mass is 543 g/mol. The van der Waals surface area contributed by atoms with Gasteiger partial charge >= 0.3 is 11.9 Å². The van der Waals surface area contributed by atoms with Crippen molar-refractivity contribution in [1.82, 2.24) is 4.57 Å². The van der Waals surface area contributed by atoms with E-state index in [0.717, 1.165) is 11.3 Å². The van der Waals surface area contributed by atoms with Crippen LogP contribution in [-0.4, -0.2) is 37.7 Å². The molecule has 39 heavy (non-hydrogen) atoms. The molecule has 4 aromatic rings. The van der Waals surface area contributed by atoms with Gasteiger partial charge < -0.3 is 18.8 Å². The van der Waals surface area contributed by atoms with Crippen LogP contribution in [0.4, 0.5) is 5.69 Å². The molecule has 1 aliphatic heterocycles. The molecular weight excluding hydrogens is 518 g/mol. The molecule has 0 amide bonds. The number of aromatic nitrogens is 1. The zero-order valence-electron chi connectivity index (χ0n) is 21.7. The fourth-order valence-electron chi connectivity index (χ4n) is 4.30. The molecule has 1 aliphatic rings. The highest BCUT2D eigenvalue weighted by Gasteiger charge is 2.33. The molecule has 10 heteroatoms. The molecule has 5 rings (SSSR count). The van der Waals surface area contributed by atoms with E-state index in [1.807, 2.05) is 49.3 Å². The highest BCUT2D eigenvalue weighted by molar-refractivity contribution is 7.07. The van der Waals surface area contributed by atoms with Gasteiger partial charge in [0.05, 0.1) is 35.2 Å². The minimum absolute atomic E-state index is 0.0779. The van der Waals surface area contributed by atoms with Crippen molar-refractivity contribution in [3.8, 4) is 5.75 Å². The van der Waals surface area contributed by atoms with Gasteiger partial charge in [0.1, 0.15) is 5.75 Å². The minimum Gasteiger partial charge on any atom is -0.466 e. The van der Waals surface area contributed by atoms with Gasteiger partial charge in [-0.1, -0.05) is 35.6 Å². The van der Waals surface area contributed by atoms with E-state index < -0.39 is 18.0 Å². The minimum atomic E-state index is -0.776. The number of benzene rings is 2. The molecular formula is C29H25N3O6S. The number of hydrogen-bond acceptors (Lipinski definition) is 9. The Balaban J connectivity index is 1.56. The summed E-state index contributed by atoms with van der Waals surface area (Å²) >= 11 is 1.25. The molecule has 0 unspecified atom stereocenters. The van der Waals surface area contributed by atoms with Crippen LogP contribution in [0.25, 0.3) is 6.08 Å². The molecule has 0 saturated heterocycles. The SMILES string of the molecule is COC(=O)C1=C(C)N=c2s/c(=C/c3ccc(N(C)C)cc3)c(=O)n2[C@@H]1c1ccc(OC(=O)c2ccco2)cc1. The van der Waals surface area contributed by atoms with Crippen molar-refractivity contribution >= 4 is 35.0 Å². The first-order valence-electron chi connectivity index (χ1n) is 12.0. The highest BCUT2D eigenvalue weighted by Crippen LogP contribution is 2.31. The van der Waals surface area contributed by atoms with Crippen LogP contribution in [0, 0.1) is 0 Å². The average molecular weight is 544 g/mol. The normalized spacial score (nSPS) is 15.0. The predicted octanol–water partition coefficient (Wildman–Crippen LogP) is 3.29. The maximum Gasteiger partial charge on any atom is 0.379 e. The van der Waals surface area contributed by atoms with Crippen LogP contribution < -0.4 is 24.5 Å². The van der Waals surface area contributed by atoms with Crippen molar-refractivity contribution in [1.29, 1.82) is 0 Å². The standard InChI is InChI=1S/C29H25N3O6S/c1-17-24(28(35)36-4)25(19-9-13-21(14-10-19)38-27(34)22-6-5-15-37-22)32-26(33)23(39-29(32)30-17)16-18-7-11-20(12-8-18)31(2)3/h5-16,25H,1-4H3/b23-16+/t25-/m1/s1. The lowest BCUT2D eigenvalue weighted by Crippen LogP contribution is -2.39. The van der Waals surface area contributed by atoms with Crippen molar-refractivity contribution in [2.24, 2.45) is 4.99 Å². The Morgan fingerprint density at radius 3 is 2.38 bits per heavy atom. The van der Waals surface area contributed by atoms with E-state index in [-0.39, 0.29) is 22.6 Å². The predicted molar refractivity (Wildman–Crippen MR) is 147 cm³/mol. The Morgan fingerprint density at radius 2 is 1.77 bits per heavy atom. The first-order chi connectivity index (χ1) is 18.8. The smallest absolute Gasteiger partial charge is 0.379 e. The summed E-state index contributed by atoms with van der Waals surface area (Å²) < 4.78 is 17.5. The van der Waals surface area contributed by atoms with Crippen molar-refractivity contribution in [3.05, 3.63) is 115 Å². The fourth-order valence-corrected chi connectivity index (χ4v) is 5.34. The molecule has 0 saturated carbocycles. The zero-order valence-corrected chi connectivity index (χ0v) is 22.5. The van der Waals surface area contributed by atoms with Crippen LogP contribution in [0.5, 0.6) is 5.75 Å². The third kappa shape index (κ3) is 5.06. The molecule has 2 aromatic heterocycles. The van der Waals surface area contributed by atoms with Crippen molar-refractivity contribution in [2.45, 2.75) is 13.0 Å². The number of nitrogens with zero attached hydrogens (tertiary/aromatic N) is 3. The number of rotatable bonds is 6. The number of anilines is 1. The summed E-state index contributed by atoms with van der Waals surface area (Å²) in [5.41, 5.74) is 2.99. The quantitative estimate of drug-likeness (QED) is 0.272. The summed E-state index contributed by atoms with van der Waals surface area (Å²) in [6.07, 6.45) is 3.20. The Hall–Kier alpha value is -4.70. The molecule has 3 heterocycles. The number of furan rings is 1. The van der Waals surface area contributed by atoms with E-state index in [4.69, 9.17) is 13.9 Å². The second-order valence-electron chi connectivity index (χ2n) is 9.00. The first-order valence-corrected chi connectivity index (χ1v) is 12.8. The summed E-state index contributed by atoms with van der Waals surface area (Å²) in [7, 11) is 5.22. The molecule has 0 fully saturated rings. The summed E-state index contributed by atoms with van der Waals surface area (Å²) in [6.45, 7) is 1.72. The van der Waals surface area contributed by atoms with Gasteiger partial charge in [-0.25, -0.2) is 14.6 Å². The lowest BCUT2D eigenvalue weighted by Gasteiger charge is -2.24. The van der Waals surface area contributed by atoms with Crippen LogP contribution in [-0.2, 0) is 9.53 Å². The van der Waals surface area contributed by atoms with Crippen LogP contribution in [0.3, 0.4) is 0 Å². The molecule has 0 bridgehead atoms. The number of hydrogen-bond donors (Lipinski definition) is 0. The summed E-state index contributed by atoms with van der Waals surface area (Å²) in [5.74, 6) is -0.850. The number of thiazole rings is 1. The molecule has 1 atom stereocenters. The van der Waals surface area contributed by atoms with Crippen LogP contribution in [0.15, 0.2) is 92.4 Å². The van der Waals surface area contributed by atoms with Gasteiger partial charge in [0, 0.05) is 19.8 Å². The fraction of sp³-hybridized carbons (Fsp3) is 0.172. The largest absolute Gasteiger partial charge is 0.466 e. The lowest BCUT2D eigenvalue weighted by molar-refractivity contribution is -0.136. The number of allylic oxidation sites excluding steroid dienone is 1. The Bertz CT molecular complexity index is 1750. The van der Waals surface area contributed by atoms with E-state index in [1.165, 1.54) is 35.3 Å². The van der Waals surface area contributed by atoms with Gasteiger partial charge in [0.15, 0.2) is 4.80 Å². The number of fused-ring (bicyclic) bond motifs is 1. The molecule has 0 aliphatic carbocycles. The van der Waals surface area contributed by atoms with E-state index in [0.29, 0.717) is 20.6 Å². The third-order valence-electron chi connectivity index (χ3n) is 6.26. The second kappa shape index (κ2) is 10.6. The Kier molecular flexibility index (Phi) is 7.03. The molecule has 0 N–H and O–H groups in total. The van der Waals surface area contributed by atoms with Gasteiger partial charge in [-0.2, -0.15) is 0 Å². The van der Waals surface area contributed by atoms with E-state index in [2.05, 4.69) is 4.99 Å². The van der Waals surface area contributed by atoms with Gasteiger partial charge in [0.25, 0.3) is 5.56 Å². The average Bonchev–Trinajstić information content (AvgIpc) is 3.57. The Morgan fingerprint density at radius 1 is 1.05 bits per heavy atom. The van der Waals surface area contributed by atoms with Crippen molar-refractivity contribution in [3.63, 3.8) is 0 Å². The van der Waals surface area contributed by atoms with Crippen LogP contribution in [0.1, 0.15) is 34.6 Å². The van der Waals surface area contributed by atoms with Gasteiger partial charge in [-0.15, -0.1) is 0 Å². The highest BCUT2D eigenvalue weighted by atomic mass is 32.1. The molecule has 2 aromatic carbocycles. The maximum atomic E-state index is 13.7.